The summed E-state index contributed by atoms with van der Waals surface area (Å²) in [4.78, 5) is 28.2. The van der Waals surface area contributed by atoms with Crippen molar-refractivity contribution in [3.8, 4) is 28.4 Å². The summed E-state index contributed by atoms with van der Waals surface area (Å²) in [6.45, 7) is 7.59. The van der Waals surface area contributed by atoms with Gasteiger partial charge in [0.15, 0.2) is 0 Å². The fourth-order valence-electron chi connectivity index (χ4n) is 6.42. The molecule has 4 aromatic carbocycles. The summed E-state index contributed by atoms with van der Waals surface area (Å²) in [5.41, 5.74) is 3.33. The maximum Gasteiger partial charge on any atom is 0.255 e. The number of carbonyl (C=O) groups is 2. The topological polar surface area (TPSA) is 88.1 Å². The molecule has 0 spiro atoms. The summed E-state index contributed by atoms with van der Waals surface area (Å²) in [5.74, 6) is 0.275. The quantitative estimate of drug-likeness (QED) is 0.243. The number of anilines is 2. The molecule has 1 heterocycles. The molecular weight excluding hydrogens is 528 g/mol. The maximum atomic E-state index is 13.5. The van der Waals surface area contributed by atoms with Gasteiger partial charge in [0.2, 0.25) is 5.91 Å². The number of hydrogen-bond donors (Lipinski definition) is 2. The van der Waals surface area contributed by atoms with Gasteiger partial charge in [0.25, 0.3) is 5.91 Å². The summed E-state index contributed by atoms with van der Waals surface area (Å²) < 4.78 is 11.1. The zero-order valence-corrected chi connectivity index (χ0v) is 24.8. The van der Waals surface area contributed by atoms with Crippen LogP contribution in [-0.4, -0.2) is 36.7 Å². The van der Waals surface area contributed by atoms with E-state index in [0.717, 1.165) is 16.7 Å². The lowest BCUT2D eigenvalue weighted by atomic mass is 9.64. The fraction of sp³-hybridized carbons (Fsp3) is 0.257. The molecule has 0 saturated heterocycles. The fourth-order valence-corrected chi connectivity index (χ4v) is 6.42. The van der Waals surface area contributed by atoms with E-state index in [0.29, 0.717) is 29.0 Å². The molecule has 1 aliphatic rings. The molecule has 0 fully saturated rings. The molecule has 5 rings (SSSR count). The first-order valence-electron chi connectivity index (χ1n) is 13.9. The number of rotatable bonds is 6. The first-order chi connectivity index (χ1) is 20.0. The van der Waals surface area contributed by atoms with Crippen molar-refractivity contribution in [1.29, 1.82) is 0 Å². The smallest absolute Gasteiger partial charge is 0.255 e. The molecule has 1 aliphatic heterocycles. The second-order valence-electron chi connectivity index (χ2n) is 11.5. The lowest BCUT2D eigenvalue weighted by Gasteiger charge is -2.51. The Morgan fingerprint density at radius 1 is 0.857 bits per heavy atom. The van der Waals surface area contributed by atoms with Gasteiger partial charge in [-0.15, -0.1) is 0 Å². The number of carbonyl (C=O) groups excluding carboxylic acids is 2. The largest absolute Gasteiger partial charge is 0.505 e. The Balaban J connectivity index is 1.62. The highest BCUT2D eigenvalue weighted by Crippen LogP contribution is 2.57. The monoisotopic (exact) mass is 564 g/mol. The number of phenolic OH excluding ortho intramolecular Hbond substituents is 1. The molecule has 0 bridgehead atoms. The third-order valence-electron chi connectivity index (χ3n) is 8.18. The van der Waals surface area contributed by atoms with Gasteiger partial charge < -0.3 is 24.8 Å². The second-order valence-corrected chi connectivity index (χ2v) is 11.5. The van der Waals surface area contributed by atoms with Gasteiger partial charge in [0, 0.05) is 35.1 Å². The molecule has 1 unspecified atom stereocenters. The summed E-state index contributed by atoms with van der Waals surface area (Å²) in [6, 6.07) is 26.6. The van der Waals surface area contributed by atoms with E-state index in [1.807, 2.05) is 87.5 Å². The van der Waals surface area contributed by atoms with E-state index in [4.69, 9.17) is 9.47 Å². The standard InChI is InChI=1S/C35H36N2O5/c1-22(38)37-28-20-29(42-6)31(36-33(40)25-14-12-24(13-15-25)23-10-8-7-9-11-23)32(39)30(28)35(4,21-34(37,2)3)26-16-18-27(41-5)19-17-26/h7-20,39H,21H2,1-6H3,(H,36,40). The molecule has 0 aliphatic carbocycles. The number of nitrogens with one attached hydrogen (secondary N) is 1. The van der Waals surface area contributed by atoms with E-state index < -0.39 is 16.9 Å². The van der Waals surface area contributed by atoms with Crippen molar-refractivity contribution in [2.24, 2.45) is 0 Å². The number of aromatic hydroxyl groups is 1. The van der Waals surface area contributed by atoms with Crippen molar-refractivity contribution in [2.45, 2.75) is 45.1 Å². The van der Waals surface area contributed by atoms with Crippen LogP contribution in [0.25, 0.3) is 11.1 Å². The molecule has 216 valence electrons. The minimum atomic E-state index is -0.718. The maximum absolute atomic E-state index is 13.5. The highest BCUT2D eigenvalue weighted by molar-refractivity contribution is 6.07. The van der Waals surface area contributed by atoms with Crippen LogP contribution in [0.15, 0.2) is 84.9 Å². The number of methoxy groups -OCH3 is 2. The molecule has 7 heteroatoms. The average Bonchev–Trinajstić information content (AvgIpc) is 2.97. The van der Waals surface area contributed by atoms with Crippen molar-refractivity contribution in [3.63, 3.8) is 0 Å². The minimum absolute atomic E-state index is 0.140. The van der Waals surface area contributed by atoms with Gasteiger partial charge >= 0.3 is 0 Å². The summed E-state index contributed by atoms with van der Waals surface area (Å²) in [5, 5.41) is 14.8. The molecule has 2 N–H and O–H groups in total. The Morgan fingerprint density at radius 3 is 2.05 bits per heavy atom. The van der Waals surface area contributed by atoms with Gasteiger partial charge in [-0.1, -0.05) is 61.5 Å². The molecule has 2 amide bonds. The van der Waals surface area contributed by atoms with Crippen LogP contribution in [0.2, 0.25) is 0 Å². The first kappa shape index (κ1) is 28.7. The third kappa shape index (κ3) is 4.96. The second kappa shape index (κ2) is 10.9. The number of benzene rings is 4. The molecule has 1 atom stereocenters. The normalized spacial score (nSPS) is 17.2. The van der Waals surface area contributed by atoms with Crippen molar-refractivity contribution < 1.29 is 24.2 Å². The lowest BCUT2D eigenvalue weighted by Crippen LogP contribution is -2.55. The van der Waals surface area contributed by atoms with Crippen LogP contribution in [0.5, 0.6) is 17.2 Å². The molecule has 0 saturated carbocycles. The van der Waals surface area contributed by atoms with Crippen LogP contribution < -0.4 is 19.7 Å². The zero-order chi connectivity index (χ0) is 30.2. The van der Waals surface area contributed by atoms with Gasteiger partial charge in [0.1, 0.15) is 22.9 Å². The number of hydrogen-bond acceptors (Lipinski definition) is 5. The van der Waals surface area contributed by atoms with E-state index in [1.54, 1.807) is 30.2 Å². The Bertz CT molecular complexity index is 1630. The zero-order valence-electron chi connectivity index (χ0n) is 24.8. The average molecular weight is 565 g/mol. The van der Waals surface area contributed by atoms with E-state index >= 15 is 0 Å². The van der Waals surface area contributed by atoms with E-state index in [9.17, 15) is 14.7 Å². The predicted octanol–water partition coefficient (Wildman–Crippen LogP) is 7.17. The van der Waals surface area contributed by atoms with Gasteiger partial charge in [0.05, 0.1) is 19.9 Å². The van der Waals surface area contributed by atoms with Crippen LogP contribution in [-0.2, 0) is 10.2 Å². The van der Waals surface area contributed by atoms with Gasteiger partial charge in [-0.05, 0) is 61.2 Å². The number of phenols is 1. The Morgan fingerprint density at radius 2 is 1.48 bits per heavy atom. The summed E-state index contributed by atoms with van der Waals surface area (Å²) in [6.07, 6.45) is 0.521. The van der Waals surface area contributed by atoms with E-state index in [2.05, 4.69) is 5.32 Å². The van der Waals surface area contributed by atoms with Gasteiger partial charge in [-0.25, -0.2) is 0 Å². The van der Waals surface area contributed by atoms with Crippen LogP contribution in [0, 0.1) is 0 Å². The van der Waals surface area contributed by atoms with Crippen molar-refractivity contribution in [1.82, 2.24) is 0 Å². The molecule has 4 aromatic rings. The molecular formula is C35H36N2O5. The van der Waals surface area contributed by atoms with Crippen LogP contribution in [0.3, 0.4) is 0 Å². The van der Waals surface area contributed by atoms with Crippen LogP contribution >= 0.6 is 0 Å². The summed E-state index contributed by atoms with van der Waals surface area (Å²) in [7, 11) is 3.09. The van der Waals surface area contributed by atoms with Crippen molar-refractivity contribution >= 4 is 23.2 Å². The van der Waals surface area contributed by atoms with Crippen molar-refractivity contribution in [3.05, 3.63) is 102 Å². The Kier molecular flexibility index (Phi) is 7.45. The van der Waals surface area contributed by atoms with E-state index in [-0.39, 0.29) is 23.1 Å². The molecule has 0 radical (unpaired) electrons. The first-order valence-corrected chi connectivity index (χ1v) is 13.9. The molecule has 7 nitrogen and oxygen atoms in total. The summed E-state index contributed by atoms with van der Waals surface area (Å²) >= 11 is 0. The van der Waals surface area contributed by atoms with E-state index in [1.165, 1.54) is 14.0 Å². The Labute approximate surface area is 246 Å². The van der Waals surface area contributed by atoms with Crippen LogP contribution in [0.1, 0.15) is 55.6 Å². The minimum Gasteiger partial charge on any atom is -0.505 e. The number of amides is 2. The third-order valence-corrected chi connectivity index (χ3v) is 8.18. The highest BCUT2D eigenvalue weighted by atomic mass is 16.5. The lowest BCUT2D eigenvalue weighted by molar-refractivity contribution is -0.117. The number of fused-ring (bicyclic) bond motifs is 1. The van der Waals surface area contributed by atoms with Gasteiger partial charge in [-0.2, -0.15) is 0 Å². The van der Waals surface area contributed by atoms with Crippen LogP contribution in [0.4, 0.5) is 11.4 Å². The van der Waals surface area contributed by atoms with Gasteiger partial charge in [-0.3, -0.25) is 9.59 Å². The molecule has 42 heavy (non-hydrogen) atoms. The SMILES string of the molecule is COc1ccc(C2(C)CC(C)(C)N(C(C)=O)c3cc(OC)c(NC(=O)c4ccc(-c5ccccc5)cc4)c(O)c32)cc1. The Hall–Kier alpha value is -4.78. The predicted molar refractivity (Wildman–Crippen MR) is 166 cm³/mol. The highest BCUT2D eigenvalue weighted by Gasteiger charge is 2.49. The number of nitrogens with zero attached hydrogens (tertiary/aromatic N) is 1. The molecule has 0 aromatic heterocycles. The van der Waals surface area contributed by atoms with Crippen molar-refractivity contribution in [2.75, 3.05) is 24.4 Å². The number of ether oxygens (including phenoxy) is 2.